The van der Waals surface area contributed by atoms with E-state index in [1.54, 1.807) is 12.1 Å². The normalized spacial score (nSPS) is 10.3. The lowest BCUT2D eigenvalue weighted by molar-refractivity contribution is 0.102. The van der Waals surface area contributed by atoms with Crippen molar-refractivity contribution in [3.8, 4) is 5.88 Å². The summed E-state index contributed by atoms with van der Waals surface area (Å²) in [6.45, 7) is 2.27. The summed E-state index contributed by atoms with van der Waals surface area (Å²) in [6, 6.07) is 16.5. The minimum Gasteiger partial charge on any atom is -0.473 e. The van der Waals surface area contributed by atoms with Gasteiger partial charge < -0.3 is 10.1 Å². The van der Waals surface area contributed by atoms with E-state index in [1.807, 2.05) is 43.3 Å². The van der Waals surface area contributed by atoms with Crippen LogP contribution in [0.4, 0.5) is 5.69 Å². The summed E-state index contributed by atoms with van der Waals surface area (Å²) in [5, 5.41) is 3.35. The van der Waals surface area contributed by atoms with Gasteiger partial charge in [0.2, 0.25) is 5.88 Å². The molecule has 1 heterocycles. The van der Waals surface area contributed by atoms with E-state index in [4.69, 9.17) is 16.3 Å². The molecule has 2 aromatic carbocycles. The molecule has 5 nitrogen and oxygen atoms in total. The van der Waals surface area contributed by atoms with Crippen molar-refractivity contribution >= 4 is 23.2 Å². The molecule has 0 saturated heterocycles. The molecule has 126 valence electrons. The predicted molar refractivity (Wildman–Crippen MR) is 96.9 cm³/mol. The molecule has 0 aliphatic heterocycles. The zero-order valence-electron chi connectivity index (χ0n) is 13.6. The van der Waals surface area contributed by atoms with Gasteiger partial charge in [0.05, 0.1) is 0 Å². The van der Waals surface area contributed by atoms with Crippen LogP contribution >= 0.6 is 11.6 Å². The second-order valence-corrected chi connectivity index (χ2v) is 5.84. The minimum atomic E-state index is -0.355. The molecule has 0 radical (unpaired) electrons. The largest absolute Gasteiger partial charge is 0.473 e. The van der Waals surface area contributed by atoms with E-state index in [0.29, 0.717) is 23.2 Å². The van der Waals surface area contributed by atoms with Gasteiger partial charge in [-0.1, -0.05) is 48.0 Å². The Bertz CT molecular complexity index is 885. The number of ether oxygens (including phenoxy) is 1. The SMILES string of the molecule is Cc1ccc(NC(=O)c2cc(OCc3ccccc3)ncn2)cc1Cl. The van der Waals surface area contributed by atoms with Gasteiger partial charge in [0.25, 0.3) is 5.91 Å². The van der Waals surface area contributed by atoms with Crippen LogP contribution < -0.4 is 10.1 Å². The van der Waals surface area contributed by atoms with Gasteiger partial charge in [-0.2, -0.15) is 0 Å². The molecule has 1 N–H and O–H groups in total. The quantitative estimate of drug-likeness (QED) is 0.744. The summed E-state index contributed by atoms with van der Waals surface area (Å²) in [5.74, 6) is -0.0159. The van der Waals surface area contributed by atoms with Crippen molar-refractivity contribution in [2.45, 2.75) is 13.5 Å². The third-order valence-electron chi connectivity index (χ3n) is 3.53. The zero-order valence-corrected chi connectivity index (χ0v) is 14.3. The van der Waals surface area contributed by atoms with E-state index in [0.717, 1.165) is 11.1 Å². The summed E-state index contributed by atoms with van der Waals surface area (Å²) in [4.78, 5) is 20.4. The zero-order chi connectivity index (χ0) is 17.6. The van der Waals surface area contributed by atoms with E-state index in [-0.39, 0.29) is 11.6 Å². The van der Waals surface area contributed by atoms with Crippen LogP contribution in [0.5, 0.6) is 5.88 Å². The molecule has 0 aliphatic rings. The summed E-state index contributed by atoms with van der Waals surface area (Å²) in [7, 11) is 0. The Morgan fingerprint density at radius 3 is 2.68 bits per heavy atom. The first-order chi connectivity index (χ1) is 12.1. The molecule has 0 fully saturated rings. The van der Waals surface area contributed by atoms with Crippen molar-refractivity contribution < 1.29 is 9.53 Å². The number of nitrogens with one attached hydrogen (secondary N) is 1. The van der Waals surface area contributed by atoms with Crippen molar-refractivity contribution in [3.63, 3.8) is 0 Å². The first-order valence-corrected chi connectivity index (χ1v) is 8.06. The lowest BCUT2D eigenvalue weighted by atomic mass is 10.2. The van der Waals surface area contributed by atoms with Crippen molar-refractivity contribution in [1.29, 1.82) is 0 Å². The second kappa shape index (κ2) is 7.77. The van der Waals surface area contributed by atoms with Crippen LogP contribution in [0.15, 0.2) is 60.9 Å². The summed E-state index contributed by atoms with van der Waals surface area (Å²) < 4.78 is 5.62. The molecule has 0 bridgehead atoms. The smallest absolute Gasteiger partial charge is 0.274 e. The van der Waals surface area contributed by atoms with Crippen LogP contribution in [0.1, 0.15) is 21.6 Å². The third kappa shape index (κ3) is 4.55. The Morgan fingerprint density at radius 2 is 1.92 bits per heavy atom. The highest BCUT2D eigenvalue weighted by Crippen LogP contribution is 2.20. The number of anilines is 1. The molecule has 0 atom stereocenters. The van der Waals surface area contributed by atoms with Crippen LogP contribution in [0, 0.1) is 6.92 Å². The number of hydrogen-bond acceptors (Lipinski definition) is 4. The Kier molecular flexibility index (Phi) is 5.26. The van der Waals surface area contributed by atoms with Gasteiger partial charge in [0.15, 0.2) is 0 Å². The van der Waals surface area contributed by atoms with E-state index >= 15 is 0 Å². The fourth-order valence-electron chi connectivity index (χ4n) is 2.14. The number of halogens is 1. The molecule has 0 unspecified atom stereocenters. The van der Waals surface area contributed by atoms with Crippen molar-refractivity contribution in [2.75, 3.05) is 5.32 Å². The molecular formula is C19H16ClN3O2. The van der Waals surface area contributed by atoms with Crippen LogP contribution in [0.2, 0.25) is 5.02 Å². The third-order valence-corrected chi connectivity index (χ3v) is 3.94. The molecule has 25 heavy (non-hydrogen) atoms. The van der Waals surface area contributed by atoms with Gasteiger partial charge in [0.1, 0.15) is 18.6 Å². The van der Waals surface area contributed by atoms with Gasteiger partial charge in [-0.3, -0.25) is 4.79 Å². The van der Waals surface area contributed by atoms with Gasteiger partial charge in [-0.25, -0.2) is 9.97 Å². The number of carbonyl (C=O) groups is 1. The summed E-state index contributed by atoms with van der Waals surface area (Å²) in [6.07, 6.45) is 1.30. The second-order valence-electron chi connectivity index (χ2n) is 5.43. The fraction of sp³-hybridized carbons (Fsp3) is 0.105. The number of aryl methyl sites for hydroxylation is 1. The molecule has 0 aliphatic carbocycles. The van der Waals surface area contributed by atoms with Crippen LogP contribution in [-0.4, -0.2) is 15.9 Å². The molecule has 1 aromatic heterocycles. The van der Waals surface area contributed by atoms with E-state index in [9.17, 15) is 4.79 Å². The van der Waals surface area contributed by atoms with Crippen LogP contribution in [0.25, 0.3) is 0 Å². The molecule has 3 aromatic rings. The molecule has 1 amide bonds. The first-order valence-electron chi connectivity index (χ1n) is 7.68. The lowest BCUT2D eigenvalue weighted by Crippen LogP contribution is -2.14. The highest BCUT2D eigenvalue weighted by Gasteiger charge is 2.10. The first kappa shape index (κ1) is 16.9. The Morgan fingerprint density at radius 1 is 1.12 bits per heavy atom. The number of amides is 1. The monoisotopic (exact) mass is 353 g/mol. The number of benzene rings is 2. The number of rotatable bonds is 5. The Balaban J connectivity index is 1.67. The van der Waals surface area contributed by atoms with Crippen molar-refractivity contribution in [1.82, 2.24) is 9.97 Å². The maximum Gasteiger partial charge on any atom is 0.274 e. The average Bonchev–Trinajstić information content (AvgIpc) is 2.64. The van der Waals surface area contributed by atoms with E-state index in [2.05, 4.69) is 15.3 Å². The van der Waals surface area contributed by atoms with E-state index < -0.39 is 0 Å². The minimum absolute atomic E-state index is 0.217. The molecule has 3 rings (SSSR count). The van der Waals surface area contributed by atoms with E-state index in [1.165, 1.54) is 12.4 Å². The predicted octanol–water partition coefficient (Wildman–Crippen LogP) is 4.27. The van der Waals surface area contributed by atoms with Crippen LogP contribution in [-0.2, 0) is 6.61 Å². The Labute approximate surface area is 150 Å². The fourth-order valence-corrected chi connectivity index (χ4v) is 2.32. The molecule has 0 spiro atoms. The van der Waals surface area contributed by atoms with Gasteiger partial charge >= 0.3 is 0 Å². The summed E-state index contributed by atoms with van der Waals surface area (Å²) in [5.41, 5.74) is 2.78. The lowest BCUT2D eigenvalue weighted by Gasteiger charge is -2.08. The molecule has 0 saturated carbocycles. The highest BCUT2D eigenvalue weighted by atomic mass is 35.5. The maximum atomic E-state index is 12.3. The van der Waals surface area contributed by atoms with Crippen molar-refractivity contribution in [3.05, 3.63) is 82.8 Å². The standard InChI is InChI=1S/C19H16ClN3O2/c1-13-7-8-15(9-16(13)20)23-19(24)17-10-18(22-12-21-17)25-11-14-5-3-2-4-6-14/h2-10,12H,11H2,1H3,(H,23,24). The molecular weight excluding hydrogens is 338 g/mol. The highest BCUT2D eigenvalue weighted by molar-refractivity contribution is 6.31. The number of nitrogens with zero attached hydrogens (tertiary/aromatic N) is 2. The number of carbonyl (C=O) groups excluding carboxylic acids is 1. The molecule has 6 heteroatoms. The van der Waals surface area contributed by atoms with Crippen LogP contribution in [0.3, 0.4) is 0 Å². The number of hydrogen-bond donors (Lipinski definition) is 1. The van der Waals surface area contributed by atoms with Crippen molar-refractivity contribution in [2.24, 2.45) is 0 Å². The Hall–Kier alpha value is -2.92. The van der Waals surface area contributed by atoms with Gasteiger partial charge in [-0.05, 0) is 30.2 Å². The topological polar surface area (TPSA) is 64.1 Å². The van der Waals surface area contributed by atoms with Gasteiger partial charge in [-0.15, -0.1) is 0 Å². The average molecular weight is 354 g/mol. The van der Waals surface area contributed by atoms with Gasteiger partial charge in [0, 0.05) is 16.8 Å². The summed E-state index contributed by atoms with van der Waals surface area (Å²) >= 11 is 6.07. The number of aromatic nitrogens is 2. The maximum absolute atomic E-state index is 12.3.